The molecular weight excluding hydrogens is 569 g/mol. The van der Waals surface area contributed by atoms with E-state index < -0.39 is 0 Å². The van der Waals surface area contributed by atoms with Gasteiger partial charge in [0.1, 0.15) is 5.76 Å². The average Bonchev–Trinajstić information content (AvgIpc) is 3.53. The predicted octanol–water partition coefficient (Wildman–Crippen LogP) is 8.24. The maximum Gasteiger partial charge on any atom is 0.208 e. The summed E-state index contributed by atoms with van der Waals surface area (Å²) in [6.07, 6.45) is 0. The monoisotopic (exact) mass is 583 g/mol. The van der Waals surface area contributed by atoms with Gasteiger partial charge < -0.3 is 4.42 Å². The number of aromatic nitrogens is 3. The number of carbonyl (C=O) groups excluding carboxylic acids is 1. The molecule has 0 unspecified atom stereocenters. The fourth-order valence-corrected chi connectivity index (χ4v) is 4.84. The summed E-state index contributed by atoms with van der Waals surface area (Å²) in [7, 11) is 0. The molecule has 0 spiro atoms. The van der Waals surface area contributed by atoms with E-state index in [0.717, 1.165) is 21.3 Å². The van der Waals surface area contributed by atoms with Crippen molar-refractivity contribution >= 4 is 56.7 Å². The Morgan fingerprint density at radius 2 is 1.63 bits per heavy atom. The van der Waals surface area contributed by atoms with Gasteiger partial charge in [0.05, 0.1) is 15.8 Å². The van der Waals surface area contributed by atoms with Gasteiger partial charge in [-0.25, -0.2) is 0 Å². The molecule has 0 amide bonds. The molecule has 5 aromatic rings. The molecule has 0 atom stereocenters. The number of benzene rings is 3. The number of hydrogen-bond acceptors (Lipinski definition) is 5. The smallest absolute Gasteiger partial charge is 0.208 e. The van der Waals surface area contributed by atoms with Crippen LogP contribution < -0.4 is 0 Å². The second-order valence-electron chi connectivity index (χ2n) is 7.49. The Labute approximate surface area is 224 Å². The maximum absolute atomic E-state index is 12.9. The molecule has 0 bridgehead atoms. The Hall–Kier alpha value is -2.84. The molecule has 0 aliphatic heterocycles. The van der Waals surface area contributed by atoms with Crippen LogP contribution >= 0.6 is 50.9 Å². The lowest BCUT2D eigenvalue weighted by molar-refractivity contribution is 0.0993. The number of ketones is 1. The third-order valence-electron chi connectivity index (χ3n) is 5.17. The molecule has 5 rings (SSSR count). The van der Waals surface area contributed by atoms with Crippen molar-refractivity contribution in [1.82, 2.24) is 14.8 Å². The van der Waals surface area contributed by atoms with Crippen molar-refractivity contribution in [3.05, 3.63) is 105 Å². The summed E-state index contributed by atoms with van der Waals surface area (Å²) in [6, 6.07) is 26.3. The Bertz CT molecular complexity index is 1500. The van der Waals surface area contributed by atoms with E-state index in [4.69, 9.17) is 27.6 Å². The lowest BCUT2D eigenvalue weighted by Gasteiger charge is -2.10. The fraction of sp³-hybridized carbons (Fsp3) is 0.0385. The highest BCUT2D eigenvalue weighted by Gasteiger charge is 2.19. The van der Waals surface area contributed by atoms with Gasteiger partial charge in [-0.1, -0.05) is 81.2 Å². The minimum atomic E-state index is -0.158. The zero-order valence-electron chi connectivity index (χ0n) is 18.0. The number of rotatable bonds is 7. The molecule has 2 aromatic heterocycles. The molecule has 0 saturated heterocycles. The average molecular weight is 585 g/mol. The summed E-state index contributed by atoms with van der Waals surface area (Å²) in [5, 5.41) is 10.3. The van der Waals surface area contributed by atoms with E-state index in [9.17, 15) is 4.79 Å². The van der Waals surface area contributed by atoms with Crippen molar-refractivity contribution < 1.29 is 9.21 Å². The number of carbonyl (C=O) groups is 1. The van der Waals surface area contributed by atoms with Crippen molar-refractivity contribution in [3.8, 4) is 28.4 Å². The number of hydrogen-bond donors (Lipinski definition) is 0. The van der Waals surface area contributed by atoms with E-state index in [1.807, 2.05) is 59.2 Å². The van der Waals surface area contributed by atoms with E-state index >= 15 is 0 Å². The first-order valence-corrected chi connectivity index (χ1v) is 13.0. The number of thioether (sulfide) groups is 1. The maximum atomic E-state index is 12.9. The molecule has 3 aromatic carbocycles. The Morgan fingerprint density at radius 1 is 0.886 bits per heavy atom. The Kier molecular flexibility index (Phi) is 7.11. The Morgan fingerprint density at radius 3 is 2.37 bits per heavy atom. The molecule has 9 heteroatoms. The van der Waals surface area contributed by atoms with Crippen molar-refractivity contribution in [3.63, 3.8) is 0 Å². The van der Waals surface area contributed by atoms with Gasteiger partial charge in [-0.2, -0.15) is 0 Å². The zero-order chi connectivity index (χ0) is 24.4. The standard InChI is InChI=1S/C26H16BrCl2N3O2S/c27-18-9-6-16(7-10-18)25-30-31-26(32(25)19-4-2-1-3-5-19)35-15-22(33)24-13-12-23(34-24)17-8-11-20(28)21(29)14-17/h1-14H,15H2. The fourth-order valence-electron chi connectivity index (χ4n) is 3.45. The molecule has 0 aliphatic rings. The minimum absolute atomic E-state index is 0.139. The lowest BCUT2D eigenvalue weighted by atomic mass is 10.2. The van der Waals surface area contributed by atoms with E-state index in [-0.39, 0.29) is 17.3 Å². The summed E-state index contributed by atoms with van der Waals surface area (Å²) in [5.41, 5.74) is 2.57. The van der Waals surface area contributed by atoms with Crippen LogP contribution in [0, 0.1) is 0 Å². The quantitative estimate of drug-likeness (QED) is 0.142. The lowest BCUT2D eigenvalue weighted by Crippen LogP contribution is -2.04. The first-order valence-electron chi connectivity index (χ1n) is 10.5. The summed E-state index contributed by atoms with van der Waals surface area (Å²) in [6.45, 7) is 0. The minimum Gasteiger partial charge on any atom is -0.453 e. The highest BCUT2D eigenvalue weighted by Crippen LogP contribution is 2.31. The van der Waals surface area contributed by atoms with E-state index in [1.54, 1.807) is 30.3 Å². The van der Waals surface area contributed by atoms with Crippen LogP contribution in [-0.4, -0.2) is 26.3 Å². The number of Topliss-reactive ketones (excluding diaryl/α,β-unsaturated/α-hetero) is 1. The van der Waals surface area contributed by atoms with Gasteiger partial charge in [-0.05, 0) is 54.6 Å². The van der Waals surface area contributed by atoms with Crippen LogP contribution in [0.2, 0.25) is 10.0 Å². The van der Waals surface area contributed by atoms with Gasteiger partial charge >= 0.3 is 0 Å². The van der Waals surface area contributed by atoms with E-state index in [2.05, 4.69) is 26.1 Å². The van der Waals surface area contributed by atoms with Gasteiger partial charge in [-0.15, -0.1) is 10.2 Å². The van der Waals surface area contributed by atoms with Crippen LogP contribution in [0.4, 0.5) is 0 Å². The van der Waals surface area contributed by atoms with E-state index in [0.29, 0.717) is 26.8 Å². The Balaban J connectivity index is 1.39. The van der Waals surface area contributed by atoms with Gasteiger partial charge in [0.2, 0.25) is 5.78 Å². The largest absolute Gasteiger partial charge is 0.453 e. The van der Waals surface area contributed by atoms with Crippen molar-refractivity contribution in [2.75, 3.05) is 5.75 Å². The van der Waals surface area contributed by atoms with Gasteiger partial charge in [0.15, 0.2) is 16.7 Å². The van der Waals surface area contributed by atoms with Gasteiger partial charge in [0, 0.05) is 21.3 Å². The van der Waals surface area contributed by atoms with Crippen molar-refractivity contribution in [2.24, 2.45) is 0 Å². The molecule has 5 nitrogen and oxygen atoms in total. The van der Waals surface area contributed by atoms with Crippen molar-refractivity contribution in [2.45, 2.75) is 5.16 Å². The van der Waals surface area contributed by atoms with Gasteiger partial charge in [-0.3, -0.25) is 9.36 Å². The first kappa shape index (κ1) is 23.9. The molecule has 2 heterocycles. The zero-order valence-corrected chi connectivity index (χ0v) is 21.9. The number of nitrogens with zero attached hydrogens (tertiary/aromatic N) is 3. The molecule has 0 fully saturated rings. The number of halogens is 3. The van der Waals surface area contributed by atoms with Crippen LogP contribution in [-0.2, 0) is 0 Å². The third kappa shape index (κ3) is 5.23. The molecule has 35 heavy (non-hydrogen) atoms. The molecule has 0 saturated carbocycles. The van der Waals surface area contributed by atoms with Crippen LogP contribution in [0.1, 0.15) is 10.6 Å². The summed E-state index contributed by atoms with van der Waals surface area (Å²) >= 11 is 16.9. The molecule has 0 N–H and O–H groups in total. The van der Waals surface area contributed by atoms with Gasteiger partial charge in [0.25, 0.3) is 0 Å². The number of para-hydroxylation sites is 1. The molecule has 0 aliphatic carbocycles. The van der Waals surface area contributed by atoms with Crippen molar-refractivity contribution in [1.29, 1.82) is 0 Å². The summed E-state index contributed by atoms with van der Waals surface area (Å²) < 4.78 is 8.73. The molecular formula is C26H16BrCl2N3O2S. The SMILES string of the molecule is O=C(CSc1nnc(-c2ccc(Br)cc2)n1-c1ccccc1)c1ccc(-c2ccc(Cl)c(Cl)c2)o1. The first-order chi connectivity index (χ1) is 17.0. The van der Waals surface area contributed by atoms with E-state index in [1.165, 1.54) is 11.8 Å². The summed E-state index contributed by atoms with van der Waals surface area (Å²) in [5.74, 6) is 1.48. The topological polar surface area (TPSA) is 60.9 Å². The predicted molar refractivity (Wildman–Crippen MR) is 144 cm³/mol. The van der Waals surface area contributed by atoms with Crippen LogP contribution in [0.25, 0.3) is 28.4 Å². The third-order valence-corrected chi connectivity index (χ3v) is 7.36. The summed E-state index contributed by atoms with van der Waals surface area (Å²) in [4.78, 5) is 12.9. The van der Waals surface area contributed by atoms with Crippen LogP contribution in [0.15, 0.2) is 99.0 Å². The van der Waals surface area contributed by atoms with Crippen LogP contribution in [0.5, 0.6) is 0 Å². The highest BCUT2D eigenvalue weighted by atomic mass is 79.9. The second kappa shape index (κ2) is 10.4. The van der Waals surface area contributed by atoms with Crippen LogP contribution in [0.3, 0.4) is 0 Å². The second-order valence-corrected chi connectivity index (χ2v) is 10.2. The molecule has 174 valence electrons. The normalized spacial score (nSPS) is 11.1. The highest BCUT2D eigenvalue weighted by molar-refractivity contribution is 9.10. The molecule has 0 radical (unpaired) electrons. The number of furan rings is 1.